The number of amides is 1. The number of halogens is 1. The molecule has 1 amide bonds. The first-order chi connectivity index (χ1) is 10.8. The summed E-state index contributed by atoms with van der Waals surface area (Å²) in [6.07, 6.45) is 0.215. The van der Waals surface area contributed by atoms with Crippen molar-refractivity contribution in [3.63, 3.8) is 0 Å². The van der Waals surface area contributed by atoms with Gasteiger partial charge in [-0.05, 0) is 51.5 Å². The molecule has 0 aromatic heterocycles. The van der Waals surface area contributed by atoms with Crippen LogP contribution in [0.3, 0.4) is 0 Å². The Morgan fingerprint density at radius 3 is 2.26 bits per heavy atom. The summed E-state index contributed by atoms with van der Waals surface area (Å²) in [6.45, 7) is 10.3. The molecule has 2 rings (SSSR count). The van der Waals surface area contributed by atoms with E-state index in [1.807, 2.05) is 34.6 Å². The minimum absolute atomic E-state index is 0.0546. The maximum Gasteiger partial charge on any atom is 0.410 e. The molecule has 1 aromatic carbocycles. The number of likely N-dealkylation sites (tertiary alicyclic amines) is 1. The molecule has 0 bridgehead atoms. The number of ketones is 1. The second kappa shape index (κ2) is 8.09. The normalized spacial score (nSPS) is 17.3. The fraction of sp³-hybridized carbons (Fsp3) is 0.556. The maximum atomic E-state index is 12.9. The molecule has 1 aliphatic rings. The Morgan fingerprint density at radius 2 is 1.74 bits per heavy atom. The van der Waals surface area contributed by atoms with Crippen LogP contribution in [0.1, 0.15) is 51.4 Å². The Morgan fingerprint density at radius 1 is 1.17 bits per heavy atom. The third-order valence-corrected chi connectivity index (χ3v) is 3.34. The summed E-state index contributed by atoms with van der Waals surface area (Å²) >= 11 is 0. The largest absolute Gasteiger partial charge is 0.444 e. The topological polar surface area (TPSA) is 46.6 Å². The first-order valence-electron chi connectivity index (χ1n) is 8.04. The van der Waals surface area contributed by atoms with Crippen LogP contribution in [-0.2, 0) is 4.74 Å². The van der Waals surface area contributed by atoms with Gasteiger partial charge in [0, 0.05) is 24.6 Å². The molecule has 0 aliphatic carbocycles. The lowest BCUT2D eigenvalue weighted by atomic mass is 9.97. The lowest BCUT2D eigenvalue weighted by molar-refractivity contribution is 0.0289. The van der Waals surface area contributed by atoms with Crippen LogP contribution in [0.15, 0.2) is 24.3 Å². The van der Waals surface area contributed by atoms with Crippen molar-refractivity contribution in [3.8, 4) is 0 Å². The standard InChI is InChI=1S/C16H20FNO3.C2H6/c1-16(2,3)21-15(20)18-9-8-12(10-18)14(19)11-4-6-13(17)7-5-11;1-2/h4-7,12H,8-10H2,1-3H3;1-2H3. The molecule has 4 nitrogen and oxygen atoms in total. The molecule has 23 heavy (non-hydrogen) atoms. The van der Waals surface area contributed by atoms with Crippen molar-refractivity contribution < 1.29 is 18.7 Å². The van der Waals surface area contributed by atoms with Gasteiger partial charge in [-0.1, -0.05) is 13.8 Å². The first kappa shape index (κ1) is 19.1. The molecule has 0 saturated carbocycles. The summed E-state index contributed by atoms with van der Waals surface area (Å²) in [7, 11) is 0. The Balaban J connectivity index is 0.00000127. The zero-order chi connectivity index (χ0) is 17.6. The van der Waals surface area contributed by atoms with E-state index in [0.717, 1.165) is 0 Å². The van der Waals surface area contributed by atoms with Gasteiger partial charge in [-0.3, -0.25) is 4.79 Å². The lowest BCUT2D eigenvalue weighted by Gasteiger charge is -2.24. The number of hydrogen-bond acceptors (Lipinski definition) is 3. The number of carbonyl (C=O) groups is 2. The zero-order valence-electron chi connectivity index (χ0n) is 14.6. The summed E-state index contributed by atoms with van der Waals surface area (Å²) in [5.74, 6) is -0.669. The number of nitrogens with zero attached hydrogens (tertiary/aromatic N) is 1. The van der Waals surface area contributed by atoms with Crippen LogP contribution in [0.4, 0.5) is 9.18 Å². The van der Waals surface area contributed by atoms with Crippen LogP contribution < -0.4 is 0 Å². The van der Waals surface area contributed by atoms with Crippen molar-refractivity contribution >= 4 is 11.9 Å². The highest BCUT2D eigenvalue weighted by atomic mass is 19.1. The smallest absolute Gasteiger partial charge is 0.410 e. The van der Waals surface area contributed by atoms with Gasteiger partial charge in [-0.2, -0.15) is 0 Å². The molecule has 0 spiro atoms. The summed E-state index contributed by atoms with van der Waals surface area (Å²) in [4.78, 5) is 25.8. The van der Waals surface area contributed by atoms with Gasteiger partial charge in [0.2, 0.25) is 0 Å². The summed E-state index contributed by atoms with van der Waals surface area (Å²) < 4.78 is 18.2. The Hall–Kier alpha value is -1.91. The van der Waals surface area contributed by atoms with Gasteiger partial charge >= 0.3 is 6.09 Å². The first-order valence-corrected chi connectivity index (χ1v) is 8.04. The van der Waals surface area contributed by atoms with Gasteiger partial charge in [-0.15, -0.1) is 0 Å². The average molecular weight is 323 g/mol. The number of benzene rings is 1. The SMILES string of the molecule is CC.CC(C)(C)OC(=O)N1CCC(C(=O)c2ccc(F)cc2)C1. The van der Waals surface area contributed by atoms with Crippen LogP contribution in [-0.4, -0.2) is 35.5 Å². The molecule has 1 heterocycles. The number of ether oxygens (including phenoxy) is 1. The highest BCUT2D eigenvalue weighted by Gasteiger charge is 2.33. The molecular weight excluding hydrogens is 297 g/mol. The number of hydrogen-bond donors (Lipinski definition) is 0. The molecule has 0 N–H and O–H groups in total. The molecule has 128 valence electrons. The van der Waals surface area contributed by atoms with Crippen molar-refractivity contribution in [2.45, 2.75) is 46.6 Å². The summed E-state index contributed by atoms with van der Waals surface area (Å²) in [5.41, 5.74) is -0.0664. The fourth-order valence-electron chi connectivity index (χ4n) is 2.32. The molecule has 1 aromatic rings. The van der Waals surface area contributed by atoms with Crippen LogP contribution >= 0.6 is 0 Å². The third kappa shape index (κ3) is 5.66. The molecule has 1 fully saturated rings. The predicted octanol–water partition coefficient (Wildman–Crippen LogP) is 4.29. The highest BCUT2D eigenvalue weighted by molar-refractivity contribution is 5.98. The quantitative estimate of drug-likeness (QED) is 0.763. The van der Waals surface area contributed by atoms with Gasteiger partial charge < -0.3 is 9.64 Å². The van der Waals surface area contributed by atoms with E-state index in [1.54, 1.807) is 4.90 Å². The third-order valence-electron chi connectivity index (χ3n) is 3.34. The molecule has 1 aliphatic heterocycles. The van der Waals surface area contributed by atoms with E-state index in [4.69, 9.17) is 4.74 Å². The minimum Gasteiger partial charge on any atom is -0.444 e. The Labute approximate surface area is 137 Å². The second-order valence-electron chi connectivity index (χ2n) is 6.28. The Bertz CT molecular complexity index is 534. The number of Topliss-reactive ketones (excluding diaryl/α,β-unsaturated/α-hetero) is 1. The van der Waals surface area contributed by atoms with Gasteiger partial charge in [0.1, 0.15) is 11.4 Å². The van der Waals surface area contributed by atoms with Gasteiger partial charge in [0.05, 0.1) is 0 Å². The van der Waals surface area contributed by atoms with Crippen molar-refractivity contribution in [3.05, 3.63) is 35.6 Å². The molecule has 0 radical (unpaired) electrons. The van der Waals surface area contributed by atoms with Gasteiger partial charge in [-0.25, -0.2) is 9.18 Å². The van der Waals surface area contributed by atoms with E-state index >= 15 is 0 Å². The van der Waals surface area contributed by atoms with Gasteiger partial charge in [0.25, 0.3) is 0 Å². The molecular formula is C18H26FNO3. The van der Waals surface area contributed by atoms with Crippen molar-refractivity contribution in [2.24, 2.45) is 5.92 Å². The molecule has 1 saturated heterocycles. The summed E-state index contributed by atoms with van der Waals surface area (Å²) in [6, 6.07) is 5.50. The fourth-order valence-corrected chi connectivity index (χ4v) is 2.32. The van der Waals surface area contributed by atoms with E-state index < -0.39 is 11.7 Å². The average Bonchev–Trinajstić information content (AvgIpc) is 2.97. The molecule has 5 heteroatoms. The molecule has 1 unspecified atom stereocenters. The van der Waals surface area contributed by atoms with Crippen LogP contribution in [0, 0.1) is 11.7 Å². The van der Waals surface area contributed by atoms with E-state index in [-0.39, 0.29) is 17.5 Å². The van der Waals surface area contributed by atoms with Crippen molar-refractivity contribution in [1.82, 2.24) is 4.90 Å². The van der Waals surface area contributed by atoms with E-state index in [9.17, 15) is 14.0 Å². The van der Waals surface area contributed by atoms with Crippen LogP contribution in [0.2, 0.25) is 0 Å². The highest BCUT2D eigenvalue weighted by Crippen LogP contribution is 2.23. The minimum atomic E-state index is -0.546. The monoisotopic (exact) mass is 323 g/mol. The number of carbonyl (C=O) groups excluding carboxylic acids is 2. The van der Waals surface area contributed by atoms with E-state index in [0.29, 0.717) is 25.1 Å². The maximum absolute atomic E-state index is 12.9. The van der Waals surface area contributed by atoms with Crippen LogP contribution in [0.5, 0.6) is 0 Å². The van der Waals surface area contributed by atoms with Crippen molar-refractivity contribution in [2.75, 3.05) is 13.1 Å². The Kier molecular flexibility index (Phi) is 6.73. The second-order valence-corrected chi connectivity index (χ2v) is 6.28. The molecule has 1 atom stereocenters. The summed E-state index contributed by atoms with van der Waals surface area (Å²) in [5, 5.41) is 0. The van der Waals surface area contributed by atoms with Gasteiger partial charge in [0.15, 0.2) is 5.78 Å². The predicted molar refractivity (Wildman–Crippen MR) is 88.0 cm³/mol. The zero-order valence-corrected chi connectivity index (χ0v) is 14.6. The van der Waals surface area contributed by atoms with Crippen molar-refractivity contribution in [1.29, 1.82) is 0 Å². The number of rotatable bonds is 2. The van der Waals surface area contributed by atoms with E-state index in [2.05, 4.69) is 0 Å². The lowest BCUT2D eigenvalue weighted by Crippen LogP contribution is -2.35. The van der Waals surface area contributed by atoms with E-state index in [1.165, 1.54) is 24.3 Å². The van der Waals surface area contributed by atoms with Crippen LogP contribution in [0.25, 0.3) is 0 Å².